The highest BCUT2D eigenvalue weighted by molar-refractivity contribution is 7.98. The molecule has 0 spiro atoms. The topological polar surface area (TPSA) is 129 Å². The molecule has 0 aliphatic rings. The van der Waals surface area contributed by atoms with Crippen LogP contribution in [-0.2, 0) is 10.5 Å². The quantitative estimate of drug-likeness (QED) is 0.117. The smallest absolute Gasteiger partial charge is 0.337 e. The molecule has 0 unspecified atom stereocenters. The highest BCUT2D eigenvalue weighted by atomic mass is 32.2. The Bertz CT molecular complexity index is 1170. The molecular formula is C23H28N8O2S2. The molecular weight excluding hydrogens is 484 g/mol. The molecule has 0 saturated heterocycles. The number of H-pyrrole nitrogens is 1. The zero-order valence-electron chi connectivity index (χ0n) is 20.0. The number of carbonyl (C=O) groups excluding carboxylic acids is 1. The molecule has 0 fully saturated rings. The van der Waals surface area contributed by atoms with Crippen LogP contribution in [0.15, 0.2) is 41.7 Å². The Morgan fingerprint density at radius 3 is 2.49 bits per heavy atom. The van der Waals surface area contributed by atoms with Crippen LogP contribution in [0, 0.1) is 20.8 Å². The number of esters is 1. The molecule has 0 atom stereocenters. The van der Waals surface area contributed by atoms with Crippen molar-refractivity contribution < 1.29 is 9.53 Å². The lowest BCUT2D eigenvalue weighted by atomic mass is 10.2. The van der Waals surface area contributed by atoms with E-state index in [2.05, 4.69) is 40.9 Å². The number of carbonyl (C=O) groups is 1. The summed E-state index contributed by atoms with van der Waals surface area (Å²) in [6.45, 7) is 6.36. The first-order chi connectivity index (χ1) is 16.8. The summed E-state index contributed by atoms with van der Waals surface area (Å²) in [5.74, 6) is 2.06. The summed E-state index contributed by atoms with van der Waals surface area (Å²) >= 11 is 7.21. The first-order valence-corrected chi connectivity index (χ1v) is 12.4. The molecule has 0 amide bonds. The van der Waals surface area contributed by atoms with Gasteiger partial charge in [0.05, 0.1) is 31.2 Å². The number of hydrogen-bond acceptors (Lipinski definition) is 8. The van der Waals surface area contributed by atoms with Gasteiger partial charge in [-0.05, 0) is 63.3 Å². The average Bonchev–Trinajstić information content (AvgIpc) is 3.22. The number of methoxy groups -OCH3 is 1. The standard InChI is InChI=1S/C23H28N8O2S2/c1-14-11-15(2)28-22(27-14)30-21(24-9-10-35-12-19-16(3)25-13-26-19)31-23(34)29-18-7-5-17(6-8-18)20(32)33-4/h5-8,11,13H,9-10,12H2,1-4H3,(H,25,26)(H3,24,27,28,29,30,31,34). The lowest BCUT2D eigenvalue weighted by molar-refractivity contribution is 0.0601. The lowest BCUT2D eigenvalue weighted by Gasteiger charge is -2.14. The molecule has 3 rings (SSSR count). The van der Waals surface area contributed by atoms with Crippen LogP contribution in [0.25, 0.3) is 0 Å². The number of nitrogens with one attached hydrogen (secondary N) is 4. The summed E-state index contributed by atoms with van der Waals surface area (Å²) in [7, 11) is 1.34. The van der Waals surface area contributed by atoms with Gasteiger partial charge in [-0.25, -0.2) is 19.7 Å². The second-order valence-electron chi connectivity index (χ2n) is 7.50. The van der Waals surface area contributed by atoms with Gasteiger partial charge in [0.25, 0.3) is 0 Å². The van der Waals surface area contributed by atoms with E-state index in [0.29, 0.717) is 34.8 Å². The molecule has 2 aromatic heterocycles. The summed E-state index contributed by atoms with van der Waals surface area (Å²) < 4.78 is 4.72. The summed E-state index contributed by atoms with van der Waals surface area (Å²) in [5, 5.41) is 9.61. The summed E-state index contributed by atoms with van der Waals surface area (Å²) in [6, 6.07) is 8.70. The van der Waals surface area contributed by atoms with Crippen LogP contribution in [-0.4, -0.2) is 56.4 Å². The lowest BCUT2D eigenvalue weighted by Crippen LogP contribution is -2.39. The molecule has 2 heterocycles. The zero-order valence-corrected chi connectivity index (χ0v) is 21.6. The van der Waals surface area contributed by atoms with E-state index in [0.717, 1.165) is 34.3 Å². The maximum absolute atomic E-state index is 11.6. The fourth-order valence-electron chi connectivity index (χ4n) is 3.00. The van der Waals surface area contributed by atoms with Crippen molar-refractivity contribution in [2.75, 3.05) is 30.0 Å². The fourth-order valence-corrected chi connectivity index (χ4v) is 4.06. The number of thiocarbonyl (C=S) groups is 1. The predicted molar refractivity (Wildman–Crippen MR) is 144 cm³/mol. The van der Waals surface area contributed by atoms with Gasteiger partial charge < -0.3 is 20.4 Å². The van der Waals surface area contributed by atoms with Crippen molar-refractivity contribution in [2.45, 2.75) is 26.5 Å². The van der Waals surface area contributed by atoms with Crippen molar-refractivity contribution in [3.8, 4) is 0 Å². The van der Waals surface area contributed by atoms with Gasteiger partial charge in [0.2, 0.25) is 11.9 Å². The molecule has 0 saturated carbocycles. The first-order valence-electron chi connectivity index (χ1n) is 10.8. The zero-order chi connectivity index (χ0) is 25.2. The van der Waals surface area contributed by atoms with E-state index in [9.17, 15) is 4.79 Å². The van der Waals surface area contributed by atoms with Gasteiger partial charge in [-0.3, -0.25) is 10.3 Å². The van der Waals surface area contributed by atoms with Crippen molar-refractivity contribution in [1.82, 2.24) is 25.3 Å². The van der Waals surface area contributed by atoms with Crippen molar-refractivity contribution in [2.24, 2.45) is 4.99 Å². The van der Waals surface area contributed by atoms with E-state index in [1.165, 1.54) is 7.11 Å². The number of aromatic amines is 1. The van der Waals surface area contributed by atoms with Crippen LogP contribution in [0.5, 0.6) is 0 Å². The van der Waals surface area contributed by atoms with E-state index in [4.69, 9.17) is 17.0 Å². The van der Waals surface area contributed by atoms with E-state index in [-0.39, 0.29) is 0 Å². The normalized spacial score (nSPS) is 11.1. The Morgan fingerprint density at radius 2 is 1.86 bits per heavy atom. The van der Waals surface area contributed by atoms with Crippen LogP contribution < -0.4 is 16.0 Å². The van der Waals surface area contributed by atoms with Gasteiger partial charge >= 0.3 is 5.97 Å². The highest BCUT2D eigenvalue weighted by Gasteiger charge is 2.09. The summed E-state index contributed by atoms with van der Waals surface area (Å²) in [5.41, 5.74) is 4.97. The summed E-state index contributed by atoms with van der Waals surface area (Å²) in [6.07, 6.45) is 1.70. The van der Waals surface area contributed by atoms with E-state index >= 15 is 0 Å². The van der Waals surface area contributed by atoms with Crippen molar-refractivity contribution in [1.29, 1.82) is 0 Å². The summed E-state index contributed by atoms with van der Waals surface area (Å²) in [4.78, 5) is 32.5. The maximum Gasteiger partial charge on any atom is 0.337 e. The number of hydrogen-bond donors (Lipinski definition) is 4. The first kappa shape index (κ1) is 26.1. The van der Waals surface area contributed by atoms with Crippen LogP contribution >= 0.6 is 24.0 Å². The van der Waals surface area contributed by atoms with Gasteiger partial charge in [0, 0.05) is 34.3 Å². The number of aromatic nitrogens is 4. The van der Waals surface area contributed by atoms with Gasteiger partial charge in [-0.15, -0.1) is 0 Å². The Labute approximate surface area is 213 Å². The monoisotopic (exact) mass is 512 g/mol. The molecule has 10 nitrogen and oxygen atoms in total. The maximum atomic E-state index is 11.6. The number of aryl methyl sites for hydroxylation is 3. The molecule has 4 N–H and O–H groups in total. The fraction of sp³-hybridized carbons (Fsp3) is 0.304. The predicted octanol–water partition coefficient (Wildman–Crippen LogP) is 3.60. The van der Waals surface area contributed by atoms with Crippen LogP contribution in [0.2, 0.25) is 0 Å². The molecule has 184 valence electrons. The minimum Gasteiger partial charge on any atom is -0.465 e. The third kappa shape index (κ3) is 8.34. The average molecular weight is 513 g/mol. The van der Waals surface area contributed by atoms with Gasteiger partial charge in [-0.1, -0.05) is 0 Å². The molecule has 0 aliphatic heterocycles. The molecule has 0 bridgehead atoms. The van der Waals surface area contributed by atoms with Gasteiger partial charge in [0.1, 0.15) is 0 Å². The number of thioether (sulfide) groups is 1. The Kier molecular flexibility index (Phi) is 9.56. The number of aliphatic imine (C=N–C) groups is 1. The van der Waals surface area contributed by atoms with Crippen LogP contribution in [0.3, 0.4) is 0 Å². The Morgan fingerprint density at radius 1 is 1.14 bits per heavy atom. The van der Waals surface area contributed by atoms with Gasteiger partial charge in [0.15, 0.2) is 5.11 Å². The minimum atomic E-state index is -0.398. The number of guanidine groups is 1. The van der Waals surface area contributed by atoms with Crippen LogP contribution in [0.1, 0.15) is 33.1 Å². The number of imidazole rings is 1. The van der Waals surface area contributed by atoms with E-state index < -0.39 is 5.97 Å². The second kappa shape index (κ2) is 12.8. The molecule has 35 heavy (non-hydrogen) atoms. The minimum absolute atomic E-state index is 0.325. The van der Waals surface area contributed by atoms with E-state index in [1.807, 2.05) is 26.8 Å². The highest BCUT2D eigenvalue weighted by Crippen LogP contribution is 2.13. The van der Waals surface area contributed by atoms with Gasteiger partial charge in [-0.2, -0.15) is 11.8 Å². The van der Waals surface area contributed by atoms with Crippen molar-refractivity contribution in [3.63, 3.8) is 0 Å². The van der Waals surface area contributed by atoms with E-state index in [1.54, 1.807) is 42.4 Å². The van der Waals surface area contributed by atoms with Crippen molar-refractivity contribution in [3.05, 3.63) is 65.0 Å². The Hall–Kier alpha value is -3.51. The SMILES string of the molecule is COC(=O)c1ccc(NC(=S)NC(=NCCSCc2nc[nH]c2C)Nc2nc(C)cc(C)n2)cc1. The molecule has 0 aliphatic carbocycles. The third-order valence-corrected chi connectivity index (χ3v) is 5.84. The number of ether oxygens (including phenoxy) is 1. The van der Waals surface area contributed by atoms with Crippen molar-refractivity contribution >= 4 is 52.7 Å². The number of anilines is 2. The number of rotatable bonds is 8. The molecule has 3 aromatic rings. The third-order valence-electron chi connectivity index (χ3n) is 4.69. The number of benzene rings is 1. The van der Waals surface area contributed by atoms with Crippen LogP contribution in [0.4, 0.5) is 11.6 Å². The molecule has 0 radical (unpaired) electrons. The second-order valence-corrected chi connectivity index (χ2v) is 9.02. The largest absolute Gasteiger partial charge is 0.465 e. The molecule has 12 heteroatoms. The number of nitrogens with zero attached hydrogens (tertiary/aromatic N) is 4. The Balaban J connectivity index is 1.63. The molecule has 1 aromatic carbocycles.